The molecule has 2 heteroatoms. The first-order valence-corrected chi connectivity index (χ1v) is 7.81. The Labute approximate surface area is 136 Å². The highest BCUT2D eigenvalue weighted by Gasteiger charge is 2.08. The van der Waals surface area contributed by atoms with E-state index in [1.54, 1.807) is 0 Å². The lowest BCUT2D eigenvalue weighted by Gasteiger charge is -2.11. The number of aryl methyl sites for hydroxylation is 1. The maximum atomic E-state index is 12.3. The van der Waals surface area contributed by atoms with Crippen LogP contribution in [0.3, 0.4) is 0 Å². The van der Waals surface area contributed by atoms with Gasteiger partial charge in [-0.05, 0) is 23.6 Å². The summed E-state index contributed by atoms with van der Waals surface area (Å²) >= 11 is 0. The van der Waals surface area contributed by atoms with Crippen molar-refractivity contribution >= 4 is 11.6 Å². The molecule has 0 aliphatic heterocycles. The molecule has 23 heavy (non-hydrogen) atoms. The number of hydrogen-bond acceptors (Lipinski definition) is 1. The van der Waals surface area contributed by atoms with Crippen LogP contribution in [0.2, 0.25) is 0 Å². The molecule has 0 spiro atoms. The van der Waals surface area contributed by atoms with Crippen LogP contribution in [-0.4, -0.2) is 5.91 Å². The van der Waals surface area contributed by atoms with Gasteiger partial charge in [-0.25, -0.2) is 0 Å². The first kappa shape index (κ1) is 15.0. The van der Waals surface area contributed by atoms with Crippen LogP contribution in [0.1, 0.15) is 12.0 Å². The minimum atomic E-state index is 0.0391. The number of carbonyl (C=O) groups excluding carboxylic acids is 1. The lowest BCUT2D eigenvalue weighted by Crippen LogP contribution is -2.13. The van der Waals surface area contributed by atoms with E-state index < -0.39 is 0 Å². The Morgan fingerprint density at radius 1 is 0.739 bits per heavy atom. The van der Waals surface area contributed by atoms with Crippen molar-refractivity contribution in [1.29, 1.82) is 0 Å². The Kier molecular flexibility index (Phi) is 4.85. The summed E-state index contributed by atoms with van der Waals surface area (Å²) in [6, 6.07) is 28.1. The number of para-hydroxylation sites is 1. The summed E-state index contributed by atoms with van der Waals surface area (Å²) in [5.41, 5.74) is 4.18. The molecule has 0 aliphatic rings. The Bertz CT molecular complexity index is 766. The van der Waals surface area contributed by atoms with Crippen LogP contribution in [0, 0.1) is 0 Å². The van der Waals surface area contributed by atoms with Gasteiger partial charge in [-0.3, -0.25) is 4.79 Å². The first-order valence-electron chi connectivity index (χ1n) is 7.81. The molecule has 114 valence electrons. The Balaban J connectivity index is 1.69. The molecule has 0 atom stereocenters. The standard InChI is InChI=1S/C21H19NO/c23-21(16-15-17-9-3-1-4-10-17)22-20-14-8-7-13-19(20)18-11-5-2-6-12-18/h1-14H,15-16H2,(H,22,23). The lowest BCUT2D eigenvalue weighted by atomic mass is 10.0. The minimum absolute atomic E-state index is 0.0391. The van der Waals surface area contributed by atoms with Crippen LogP contribution in [-0.2, 0) is 11.2 Å². The van der Waals surface area contributed by atoms with Crippen molar-refractivity contribution in [2.75, 3.05) is 5.32 Å². The van der Waals surface area contributed by atoms with Crippen LogP contribution >= 0.6 is 0 Å². The third kappa shape index (κ3) is 4.07. The predicted molar refractivity (Wildman–Crippen MR) is 95.3 cm³/mol. The molecule has 0 radical (unpaired) electrons. The Hall–Kier alpha value is -2.87. The van der Waals surface area contributed by atoms with E-state index in [0.29, 0.717) is 6.42 Å². The monoisotopic (exact) mass is 301 g/mol. The molecule has 0 heterocycles. The molecule has 2 nitrogen and oxygen atoms in total. The summed E-state index contributed by atoms with van der Waals surface area (Å²) < 4.78 is 0. The van der Waals surface area contributed by atoms with E-state index in [4.69, 9.17) is 0 Å². The van der Waals surface area contributed by atoms with Gasteiger partial charge in [0.2, 0.25) is 5.91 Å². The number of amides is 1. The molecule has 0 unspecified atom stereocenters. The fraction of sp³-hybridized carbons (Fsp3) is 0.0952. The van der Waals surface area contributed by atoms with Crippen LogP contribution in [0.5, 0.6) is 0 Å². The van der Waals surface area contributed by atoms with E-state index in [1.165, 1.54) is 5.56 Å². The van der Waals surface area contributed by atoms with Crippen molar-refractivity contribution in [3.05, 3.63) is 90.5 Å². The van der Waals surface area contributed by atoms with Gasteiger partial charge >= 0.3 is 0 Å². The normalized spacial score (nSPS) is 10.3. The SMILES string of the molecule is O=C(CCc1ccccc1)Nc1ccccc1-c1ccccc1. The van der Waals surface area contributed by atoms with Crippen molar-refractivity contribution in [2.45, 2.75) is 12.8 Å². The van der Waals surface area contributed by atoms with Crippen molar-refractivity contribution in [2.24, 2.45) is 0 Å². The highest BCUT2D eigenvalue weighted by atomic mass is 16.1. The summed E-state index contributed by atoms with van der Waals surface area (Å²) in [4.78, 5) is 12.3. The highest BCUT2D eigenvalue weighted by Crippen LogP contribution is 2.27. The van der Waals surface area contributed by atoms with Crippen molar-refractivity contribution in [3.8, 4) is 11.1 Å². The second-order valence-corrected chi connectivity index (χ2v) is 5.45. The van der Waals surface area contributed by atoms with Crippen LogP contribution in [0.4, 0.5) is 5.69 Å². The van der Waals surface area contributed by atoms with E-state index in [0.717, 1.165) is 23.2 Å². The number of rotatable bonds is 5. The van der Waals surface area contributed by atoms with Crippen LogP contribution in [0.15, 0.2) is 84.9 Å². The molecular weight excluding hydrogens is 282 g/mol. The summed E-state index contributed by atoms with van der Waals surface area (Å²) in [5.74, 6) is 0.0391. The predicted octanol–water partition coefficient (Wildman–Crippen LogP) is 4.92. The fourth-order valence-corrected chi connectivity index (χ4v) is 2.58. The summed E-state index contributed by atoms with van der Waals surface area (Å²) in [6.45, 7) is 0. The topological polar surface area (TPSA) is 29.1 Å². The van der Waals surface area contributed by atoms with Gasteiger partial charge in [0, 0.05) is 17.7 Å². The maximum absolute atomic E-state index is 12.3. The zero-order valence-electron chi connectivity index (χ0n) is 12.9. The maximum Gasteiger partial charge on any atom is 0.224 e. The van der Waals surface area contributed by atoms with E-state index in [-0.39, 0.29) is 5.91 Å². The number of carbonyl (C=O) groups is 1. The van der Waals surface area contributed by atoms with Gasteiger partial charge in [-0.2, -0.15) is 0 Å². The van der Waals surface area contributed by atoms with Gasteiger partial charge in [0.15, 0.2) is 0 Å². The number of anilines is 1. The van der Waals surface area contributed by atoms with E-state index in [1.807, 2.05) is 72.8 Å². The van der Waals surface area contributed by atoms with E-state index in [2.05, 4.69) is 17.4 Å². The average Bonchev–Trinajstić information content (AvgIpc) is 2.62. The largest absolute Gasteiger partial charge is 0.326 e. The van der Waals surface area contributed by atoms with Crippen LogP contribution in [0.25, 0.3) is 11.1 Å². The molecule has 3 aromatic carbocycles. The van der Waals surface area contributed by atoms with Crippen molar-refractivity contribution < 1.29 is 4.79 Å². The number of hydrogen-bond donors (Lipinski definition) is 1. The third-order valence-corrected chi connectivity index (χ3v) is 3.77. The third-order valence-electron chi connectivity index (χ3n) is 3.77. The Morgan fingerprint density at radius 3 is 2.09 bits per heavy atom. The average molecular weight is 301 g/mol. The quantitative estimate of drug-likeness (QED) is 0.711. The second-order valence-electron chi connectivity index (χ2n) is 5.45. The molecule has 0 saturated carbocycles. The molecule has 1 amide bonds. The first-order chi connectivity index (χ1) is 11.3. The number of benzene rings is 3. The molecule has 1 N–H and O–H groups in total. The molecule has 0 aromatic heterocycles. The Morgan fingerprint density at radius 2 is 1.35 bits per heavy atom. The molecule has 3 aromatic rings. The summed E-state index contributed by atoms with van der Waals surface area (Å²) in [5, 5.41) is 3.04. The van der Waals surface area contributed by atoms with E-state index in [9.17, 15) is 4.79 Å². The molecule has 0 bridgehead atoms. The van der Waals surface area contributed by atoms with Gasteiger partial charge in [-0.15, -0.1) is 0 Å². The minimum Gasteiger partial charge on any atom is -0.326 e. The smallest absolute Gasteiger partial charge is 0.224 e. The summed E-state index contributed by atoms with van der Waals surface area (Å²) in [6.07, 6.45) is 1.23. The zero-order chi connectivity index (χ0) is 15.9. The molecule has 3 rings (SSSR count). The van der Waals surface area contributed by atoms with Gasteiger partial charge in [-0.1, -0.05) is 78.9 Å². The second kappa shape index (κ2) is 7.41. The molecule has 0 saturated heterocycles. The lowest BCUT2D eigenvalue weighted by molar-refractivity contribution is -0.116. The molecule has 0 fully saturated rings. The van der Waals surface area contributed by atoms with Gasteiger partial charge in [0.05, 0.1) is 0 Å². The summed E-state index contributed by atoms with van der Waals surface area (Å²) in [7, 11) is 0. The van der Waals surface area contributed by atoms with E-state index >= 15 is 0 Å². The number of nitrogens with one attached hydrogen (secondary N) is 1. The highest BCUT2D eigenvalue weighted by molar-refractivity contribution is 5.95. The van der Waals surface area contributed by atoms with Gasteiger partial charge < -0.3 is 5.32 Å². The fourth-order valence-electron chi connectivity index (χ4n) is 2.58. The molecular formula is C21H19NO. The van der Waals surface area contributed by atoms with Gasteiger partial charge in [0.1, 0.15) is 0 Å². The van der Waals surface area contributed by atoms with Crippen molar-refractivity contribution in [1.82, 2.24) is 0 Å². The molecule has 0 aliphatic carbocycles. The zero-order valence-corrected chi connectivity index (χ0v) is 12.9. The van der Waals surface area contributed by atoms with Gasteiger partial charge in [0.25, 0.3) is 0 Å². The van der Waals surface area contributed by atoms with Crippen LogP contribution < -0.4 is 5.32 Å². The van der Waals surface area contributed by atoms with Crippen molar-refractivity contribution in [3.63, 3.8) is 0 Å².